The lowest BCUT2D eigenvalue weighted by Gasteiger charge is -2.48. The van der Waals surface area contributed by atoms with Crippen LogP contribution in [0.5, 0.6) is 5.75 Å². The molecular weight excluding hydrogens is 416 g/mol. The molecule has 0 N–H and O–H groups in total. The molecule has 1 aromatic carbocycles. The van der Waals surface area contributed by atoms with Gasteiger partial charge in [0.2, 0.25) is 0 Å². The molecule has 2 aromatic rings. The molecule has 6 heteroatoms. The number of carbonyl (C=O) groups excluding carboxylic acids is 1. The highest BCUT2D eigenvalue weighted by molar-refractivity contribution is 5.92. The third kappa shape index (κ3) is 5.56. The van der Waals surface area contributed by atoms with Crippen LogP contribution >= 0.6 is 0 Å². The normalized spacial score (nSPS) is 22.5. The minimum absolute atomic E-state index is 0.0246. The maximum Gasteiger partial charge on any atom is 0.272 e. The van der Waals surface area contributed by atoms with Gasteiger partial charge in [0.15, 0.2) is 0 Å². The van der Waals surface area contributed by atoms with Crippen LogP contribution in [0.25, 0.3) is 0 Å². The van der Waals surface area contributed by atoms with E-state index >= 15 is 0 Å². The molecule has 0 saturated carbocycles. The Morgan fingerprint density at radius 3 is 2.55 bits per heavy atom. The molecule has 4 rings (SSSR count). The van der Waals surface area contributed by atoms with Crippen LogP contribution in [0, 0.1) is 6.92 Å². The maximum atomic E-state index is 13.2. The Balaban J connectivity index is 1.44. The third-order valence-electron chi connectivity index (χ3n) is 6.62. The highest BCUT2D eigenvalue weighted by Gasteiger charge is 2.45. The molecule has 0 aliphatic carbocycles. The number of hydrogen-bond acceptors (Lipinski definition) is 5. The van der Waals surface area contributed by atoms with Crippen LogP contribution in [0.2, 0.25) is 0 Å². The van der Waals surface area contributed by atoms with Crippen LogP contribution < -0.4 is 4.74 Å². The lowest BCUT2D eigenvalue weighted by Crippen LogP contribution is -2.52. The van der Waals surface area contributed by atoms with Crippen molar-refractivity contribution in [3.8, 4) is 5.75 Å². The van der Waals surface area contributed by atoms with Gasteiger partial charge in [-0.05, 0) is 58.2 Å². The summed E-state index contributed by atoms with van der Waals surface area (Å²) in [4.78, 5) is 19.6. The average molecular weight is 453 g/mol. The predicted molar refractivity (Wildman–Crippen MR) is 128 cm³/mol. The van der Waals surface area contributed by atoms with Crippen LogP contribution in [-0.2, 0) is 9.47 Å². The van der Waals surface area contributed by atoms with Gasteiger partial charge in [-0.1, -0.05) is 30.3 Å². The zero-order valence-corrected chi connectivity index (χ0v) is 20.3. The Hall–Kier alpha value is -2.44. The molecule has 6 nitrogen and oxygen atoms in total. The van der Waals surface area contributed by atoms with Crippen LogP contribution in [0.15, 0.2) is 42.5 Å². The van der Waals surface area contributed by atoms with Crippen molar-refractivity contribution in [2.45, 2.75) is 77.3 Å². The van der Waals surface area contributed by atoms with E-state index in [1.54, 1.807) is 6.07 Å². The summed E-state index contributed by atoms with van der Waals surface area (Å²) in [7, 11) is 0. The fourth-order valence-electron chi connectivity index (χ4n) is 5.02. The summed E-state index contributed by atoms with van der Waals surface area (Å²) in [5.74, 6) is 0.699. The van der Waals surface area contributed by atoms with E-state index in [4.69, 9.17) is 14.2 Å². The van der Waals surface area contributed by atoms with E-state index in [9.17, 15) is 4.79 Å². The van der Waals surface area contributed by atoms with Crippen molar-refractivity contribution in [2.24, 2.45) is 0 Å². The lowest BCUT2D eigenvalue weighted by molar-refractivity contribution is -0.190. The lowest BCUT2D eigenvalue weighted by atomic mass is 9.80. The van der Waals surface area contributed by atoms with E-state index in [-0.39, 0.29) is 29.8 Å². The van der Waals surface area contributed by atoms with E-state index < -0.39 is 0 Å². The van der Waals surface area contributed by atoms with Gasteiger partial charge >= 0.3 is 0 Å². The summed E-state index contributed by atoms with van der Waals surface area (Å²) < 4.78 is 18.6. The number of hydrogen-bond donors (Lipinski definition) is 0. The number of likely N-dealkylation sites (tertiary alicyclic amines) is 1. The molecule has 0 bridgehead atoms. The Morgan fingerprint density at radius 1 is 1.18 bits per heavy atom. The molecule has 2 saturated heterocycles. The van der Waals surface area contributed by atoms with Crippen LogP contribution in [0.1, 0.15) is 74.3 Å². The maximum absolute atomic E-state index is 13.2. The number of benzene rings is 1. The third-order valence-corrected chi connectivity index (χ3v) is 6.62. The van der Waals surface area contributed by atoms with Gasteiger partial charge in [0.25, 0.3) is 5.91 Å². The van der Waals surface area contributed by atoms with Gasteiger partial charge in [-0.25, -0.2) is 4.98 Å². The molecule has 2 aliphatic rings. The fourth-order valence-corrected chi connectivity index (χ4v) is 5.02. The first-order valence-corrected chi connectivity index (χ1v) is 12.2. The number of aryl methyl sites for hydroxylation is 1. The molecule has 2 atom stereocenters. The second kappa shape index (κ2) is 10.2. The molecule has 33 heavy (non-hydrogen) atoms. The Labute approximate surface area is 197 Å². The number of amides is 1. The number of nitrogens with zero attached hydrogens (tertiary/aromatic N) is 2. The van der Waals surface area contributed by atoms with Gasteiger partial charge < -0.3 is 19.1 Å². The quantitative estimate of drug-likeness (QED) is 0.610. The topological polar surface area (TPSA) is 60.9 Å². The molecule has 0 unspecified atom stereocenters. The number of aromatic nitrogens is 1. The van der Waals surface area contributed by atoms with E-state index in [2.05, 4.69) is 29.2 Å². The van der Waals surface area contributed by atoms with Crippen molar-refractivity contribution in [3.63, 3.8) is 0 Å². The van der Waals surface area contributed by atoms with Gasteiger partial charge in [-0.15, -0.1) is 0 Å². The van der Waals surface area contributed by atoms with Crippen molar-refractivity contribution in [1.82, 2.24) is 9.88 Å². The van der Waals surface area contributed by atoms with E-state index in [1.807, 2.05) is 44.7 Å². The standard InChI is InChI=1S/C27H36N2O4/c1-5-31-22-17-25(21-9-7-6-8-10-21)33-27(18-22)13-15-29(16-14-27)26(30)23-11-12-24(20(4)28-23)32-19(2)3/h6-12,19,22,25H,5,13-18H2,1-4H3/t22-,25-/m0/s1. The zero-order valence-electron chi connectivity index (χ0n) is 20.3. The molecule has 178 valence electrons. The van der Waals surface area contributed by atoms with Gasteiger partial charge in [-0.3, -0.25) is 4.79 Å². The molecule has 0 radical (unpaired) electrons. The molecule has 2 fully saturated rings. The van der Waals surface area contributed by atoms with Crippen LogP contribution in [-0.4, -0.2) is 53.3 Å². The second-order valence-electron chi connectivity index (χ2n) is 9.46. The summed E-state index contributed by atoms with van der Waals surface area (Å²) in [5.41, 5.74) is 2.15. The number of rotatable bonds is 6. The molecule has 3 heterocycles. The molecule has 1 aromatic heterocycles. The largest absolute Gasteiger partial charge is 0.489 e. The van der Waals surface area contributed by atoms with Crippen molar-refractivity contribution in [3.05, 3.63) is 59.4 Å². The zero-order chi connectivity index (χ0) is 23.4. The molecule has 1 amide bonds. The second-order valence-corrected chi connectivity index (χ2v) is 9.46. The molecular formula is C27H36N2O4. The van der Waals surface area contributed by atoms with E-state index in [0.29, 0.717) is 25.4 Å². The first-order chi connectivity index (χ1) is 15.9. The number of carbonyl (C=O) groups is 1. The van der Waals surface area contributed by atoms with Crippen molar-refractivity contribution >= 4 is 5.91 Å². The summed E-state index contributed by atoms with van der Waals surface area (Å²) in [6, 6.07) is 14.0. The average Bonchev–Trinajstić information content (AvgIpc) is 2.81. The summed E-state index contributed by atoms with van der Waals surface area (Å²) in [5, 5.41) is 0. The van der Waals surface area contributed by atoms with E-state index in [1.165, 1.54) is 5.56 Å². The van der Waals surface area contributed by atoms with Gasteiger partial charge in [0.05, 0.1) is 29.6 Å². The van der Waals surface area contributed by atoms with Crippen LogP contribution in [0.3, 0.4) is 0 Å². The summed E-state index contributed by atoms with van der Waals surface area (Å²) in [6.45, 7) is 9.91. The summed E-state index contributed by atoms with van der Waals surface area (Å²) >= 11 is 0. The Morgan fingerprint density at radius 2 is 1.91 bits per heavy atom. The van der Waals surface area contributed by atoms with Gasteiger partial charge in [0.1, 0.15) is 11.4 Å². The monoisotopic (exact) mass is 452 g/mol. The SMILES string of the molecule is CCO[C@H]1C[C@@H](c2ccccc2)OC2(CCN(C(=O)c3ccc(OC(C)C)c(C)n3)CC2)C1. The van der Waals surface area contributed by atoms with Gasteiger partial charge in [-0.2, -0.15) is 0 Å². The van der Waals surface area contributed by atoms with Crippen LogP contribution in [0.4, 0.5) is 0 Å². The predicted octanol–water partition coefficient (Wildman–Crippen LogP) is 5.11. The Bertz CT molecular complexity index is 938. The summed E-state index contributed by atoms with van der Waals surface area (Å²) in [6.07, 6.45) is 3.63. The fraction of sp³-hybridized carbons (Fsp3) is 0.556. The first-order valence-electron chi connectivity index (χ1n) is 12.2. The smallest absolute Gasteiger partial charge is 0.272 e. The van der Waals surface area contributed by atoms with Crippen molar-refractivity contribution < 1.29 is 19.0 Å². The molecule has 2 aliphatic heterocycles. The van der Waals surface area contributed by atoms with Crippen molar-refractivity contribution in [2.75, 3.05) is 19.7 Å². The number of pyridine rings is 1. The molecule has 1 spiro atoms. The Kier molecular flexibility index (Phi) is 7.35. The minimum Gasteiger partial charge on any atom is -0.489 e. The number of ether oxygens (including phenoxy) is 3. The van der Waals surface area contributed by atoms with E-state index in [0.717, 1.165) is 37.1 Å². The highest BCUT2D eigenvalue weighted by Crippen LogP contribution is 2.44. The van der Waals surface area contributed by atoms with Crippen molar-refractivity contribution in [1.29, 1.82) is 0 Å². The number of piperidine rings is 1. The van der Waals surface area contributed by atoms with Gasteiger partial charge in [0, 0.05) is 32.5 Å². The highest BCUT2D eigenvalue weighted by atomic mass is 16.5. The first kappa shape index (κ1) is 23.7. The minimum atomic E-state index is -0.256.